The van der Waals surface area contributed by atoms with Crippen LogP contribution in [0.4, 0.5) is 0 Å². The summed E-state index contributed by atoms with van der Waals surface area (Å²) in [5.74, 6) is 0. The maximum absolute atomic E-state index is 9.50. The van der Waals surface area contributed by atoms with Crippen molar-refractivity contribution in [3.8, 4) is 22.3 Å². The Bertz CT molecular complexity index is 945. The van der Waals surface area contributed by atoms with Crippen LogP contribution in [0, 0.1) is 13.8 Å². The summed E-state index contributed by atoms with van der Waals surface area (Å²) in [6, 6.07) is 11.2. The van der Waals surface area contributed by atoms with E-state index in [1.807, 2.05) is 44.2 Å². The van der Waals surface area contributed by atoms with Crippen LogP contribution in [0.3, 0.4) is 0 Å². The Balaban J connectivity index is 2.16. The number of hydrogen-bond acceptors (Lipinski definition) is 3. The maximum atomic E-state index is 9.50. The van der Waals surface area contributed by atoms with Gasteiger partial charge in [-0.1, -0.05) is 47.5 Å². The summed E-state index contributed by atoms with van der Waals surface area (Å²) in [5, 5.41) is 20.0. The minimum atomic E-state index is -1.63. The first-order chi connectivity index (χ1) is 11.9. The van der Waals surface area contributed by atoms with Gasteiger partial charge in [0.2, 0.25) is 0 Å². The van der Waals surface area contributed by atoms with Gasteiger partial charge in [-0.15, -0.1) is 0 Å². The van der Waals surface area contributed by atoms with Crippen molar-refractivity contribution in [3.05, 3.63) is 70.0 Å². The highest BCUT2D eigenvalue weighted by Gasteiger charge is 2.20. The van der Waals surface area contributed by atoms with Crippen LogP contribution < -0.4 is 5.46 Å². The summed E-state index contributed by atoms with van der Waals surface area (Å²) in [6.07, 6.45) is 3.45. The Kier molecular flexibility index (Phi) is 5.16. The number of hydrogen-bond donors (Lipinski definition) is 2. The second-order valence-corrected chi connectivity index (χ2v) is 6.77. The average molecular weight is 372 g/mol. The molecule has 126 valence electrons. The third-order valence-electron chi connectivity index (χ3n) is 4.12. The highest BCUT2D eigenvalue weighted by molar-refractivity contribution is 6.63. The molecule has 0 radical (unpaired) electrons. The summed E-state index contributed by atoms with van der Waals surface area (Å²) in [7, 11) is -1.63. The molecule has 2 N–H and O–H groups in total. The lowest BCUT2D eigenvalue weighted by Crippen LogP contribution is -2.31. The maximum Gasteiger partial charge on any atom is 0.489 e. The van der Waals surface area contributed by atoms with Crippen molar-refractivity contribution in [2.24, 2.45) is 0 Å². The van der Waals surface area contributed by atoms with Gasteiger partial charge in [0.25, 0.3) is 0 Å². The smallest absolute Gasteiger partial charge is 0.423 e. The predicted octanol–water partition coefficient (Wildman–Crippen LogP) is 4.02. The van der Waals surface area contributed by atoms with E-state index < -0.39 is 7.12 Å². The average Bonchev–Trinajstić information content (AvgIpc) is 2.55. The van der Waals surface area contributed by atoms with E-state index in [-0.39, 0.29) is 5.46 Å². The first-order valence-electron chi connectivity index (χ1n) is 7.75. The topological polar surface area (TPSA) is 53.4 Å². The molecule has 1 heterocycles. The lowest BCUT2D eigenvalue weighted by molar-refractivity contribution is 0.426. The second-order valence-electron chi connectivity index (χ2n) is 5.98. The molecule has 0 unspecified atom stereocenters. The van der Waals surface area contributed by atoms with E-state index >= 15 is 0 Å². The molecule has 2 aromatic carbocycles. The van der Waals surface area contributed by atoms with E-state index in [0.717, 1.165) is 33.4 Å². The van der Waals surface area contributed by atoms with E-state index in [2.05, 4.69) is 4.98 Å². The van der Waals surface area contributed by atoms with Gasteiger partial charge in [-0.05, 0) is 37.1 Å². The standard InChI is InChI=1S/C19H16BCl2NO2/c1-11-3-5-15(17(21)7-11)13-8-14(10-23-9-13)18-12(2)4-6-16(19(18)22)20(24)25/h3-10,24-25H,1-2H3. The molecule has 0 aliphatic rings. The van der Waals surface area contributed by atoms with Crippen LogP contribution in [0.15, 0.2) is 48.8 Å². The highest BCUT2D eigenvalue weighted by atomic mass is 35.5. The molecule has 0 spiro atoms. The van der Waals surface area contributed by atoms with Gasteiger partial charge in [0.1, 0.15) is 0 Å². The number of rotatable bonds is 3. The van der Waals surface area contributed by atoms with Gasteiger partial charge < -0.3 is 10.0 Å². The zero-order valence-corrected chi connectivity index (χ0v) is 15.3. The zero-order chi connectivity index (χ0) is 18.1. The van der Waals surface area contributed by atoms with Crippen molar-refractivity contribution in [1.29, 1.82) is 0 Å². The van der Waals surface area contributed by atoms with E-state index in [9.17, 15) is 10.0 Å². The quantitative estimate of drug-likeness (QED) is 0.683. The van der Waals surface area contributed by atoms with Crippen molar-refractivity contribution in [2.45, 2.75) is 13.8 Å². The normalized spacial score (nSPS) is 10.8. The Morgan fingerprint density at radius 3 is 2.32 bits per heavy atom. The van der Waals surface area contributed by atoms with Gasteiger partial charge in [-0.3, -0.25) is 4.98 Å². The van der Waals surface area contributed by atoms with Crippen LogP contribution in [-0.4, -0.2) is 22.2 Å². The number of pyridine rings is 1. The van der Waals surface area contributed by atoms with Gasteiger partial charge in [-0.2, -0.15) is 0 Å². The molecular formula is C19H16BCl2NO2. The van der Waals surface area contributed by atoms with Gasteiger partial charge in [0, 0.05) is 50.2 Å². The van der Waals surface area contributed by atoms with Gasteiger partial charge in [0.05, 0.1) is 0 Å². The fourth-order valence-corrected chi connectivity index (χ4v) is 3.58. The van der Waals surface area contributed by atoms with Crippen LogP contribution in [0.25, 0.3) is 22.3 Å². The van der Waals surface area contributed by atoms with Crippen molar-refractivity contribution in [2.75, 3.05) is 0 Å². The van der Waals surface area contributed by atoms with Crippen LogP contribution in [-0.2, 0) is 0 Å². The Labute approximate surface area is 157 Å². The van der Waals surface area contributed by atoms with E-state index in [1.54, 1.807) is 18.5 Å². The molecule has 3 nitrogen and oxygen atoms in total. The third kappa shape index (κ3) is 3.58. The van der Waals surface area contributed by atoms with Crippen molar-refractivity contribution < 1.29 is 10.0 Å². The molecule has 3 aromatic rings. The third-order valence-corrected chi connectivity index (χ3v) is 4.84. The molecule has 0 bridgehead atoms. The summed E-state index contributed by atoms with van der Waals surface area (Å²) in [4.78, 5) is 4.32. The number of aryl methyl sites for hydroxylation is 2. The van der Waals surface area contributed by atoms with Crippen molar-refractivity contribution >= 4 is 35.8 Å². The lowest BCUT2D eigenvalue weighted by atomic mass is 9.78. The lowest BCUT2D eigenvalue weighted by Gasteiger charge is -2.14. The fourth-order valence-electron chi connectivity index (χ4n) is 2.82. The predicted molar refractivity (Wildman–Crippen MR) is 104 cm³/mol. The van der Waals surface area contributed by atoms with Gasteiger partial charge in [-0.25, -0.2) is 0 Å². The number of benzene rings is 2. The molecule has 0 saturated heterocycles. The molecule has 3 rings (SSSR count). The molecule has 0 amide bonds. The Morgan fingerprint density at radius 2 is 1.64 bits per heavy atom. The molecule has 25 heavy (non-hydrogen) atoms. The molecule has 1 aromatic heterocycles. The van der Waals surface area contributed by atoms with Gasteiger partial charge >= 0.3 is 7.12 Å². The van der Waals surface area contributed by atoms with Crippen LogP contribution in [0.5, 0.6) is 0 Å². The monoisotopic (exact) mass is 371 g/mol. The van der Waals surface area contributed by atoms with Gasteiger partial charge in [0.15, 0.2) is 0 Å². The Hall–Kier alpha value is -1.85. The minimum absolute atomic E-state index is 0.265. The SMILES string of the molecule is Cc1ccc(-c2cncc(-c3c(C)ccc(B(O)O)c3Cl)c2)c(Cl)c1. The first-order valence-corrected chi connectivity index (χ1v) is 8.51. The highest BCUT2D eigenvalue weighted by Crippen LogP contribution is 2.34. The fraction of sp³-hybridized carbons (Fsp3) is 0.105. The largest absolute Gasteiger partial charge is 0.489 e. The first kappa shape index (κ1) is 18.0. The summed E-state index contributed by atoms with van der Waals surface area (Å²) >= 11 is 12.8. The molecule has 0 aliphatic heterocycles. The molecule has 6 heteroatoms. The molecule has 0 fully saturated rings. The van der Waals surface area contributed by atoms with Crippen molar-refractivity contribution in [3.63, 3.8) is 0 Å². The second kappa shape index (κ2) is 7.18. The van der Waals surface area contributed by atoms with Crippen molar-refractivity contribution in [1.82, 2.24) is 4.98 Å². The summed E-state index contributed by atoms with van der Waals surface area (Å²) in [6.45, 7) is 3.90. The molecule has 0 aliphatic carbocycles. The zero-order valence-electron chi connectivity index (χ0n) is 13.8. The number of halogens is 2. The van der Waals surface area contributed by atoms with Crippen LogP contribution in [0.2, 0.25) is 10.0 Å². The minimum Gasteiger partial charge on any atom is -0.423 e. The van der Waals surface area contributed by atoms with E-state index in [1.165, 1.54) is 0 Å². The molecule has 0 saturated carbocycles. The van der Waals surface area contributed by atoms with Crippen LogP contribution in [0.1, 0.15) is 11.1 Å². The van der Waals surface area contributed by atoms with E-state index in [0.29, 0.717) is 10.0 Å². The van der Waals surface area contributed by atoms with E-state index in [4.69, 9.17) is 23.2 Å². The molecular weight excluding hydrogens is 356 g/mol. The number of nitrogens with zero attached hydrogens (tertiary/aromatic N) is 1. The number of aromatic nitrogens is 1. The summed E-state index contributed by atoms with van der Waals surface area (Å²) in [5.41, 5.74) is 5.54. The molecule has 0 atom stereocenters. The van der Waals surface area contributed by atoms with Crippen LogP contribution >= 0.6 is 23.2 Å². The summed E-state index contributed by atoms with van der Waals surface area (Å²) < 4.78 is 0. The Morgan fingerprint density at radius 1 is 0.920 bits per heavy atom.